The van der Waals surface area contributed by atoms with Gasteiger partial charge in [-0.2, -0.15) is 0 Å². The van der Waals surface area contributed by atoms with Gasteiger partial charge in [-0.1, -0.05) is 25.1 Å². The predicted octanol–water partition coefficient (Wildman–Crippen LogP) is 2.71. The van der Waals surface area contributed by atoms with Crippen LogP contribution in [0.3, 0.4) is 0 Å². The molecule has 1 aromatic heterocycles. The molecule has 1 heterocycles. The number of hydrogen-bond donors (Lipinski definition) is 2. The summed E-state index contributed by atoms with van der Waals surface area (Å²) in [5, 5.41) is 13.8. The van der Waals surface area contributed by atoms with Gasteiger partial charge in [-0.15, -0.1) is 10.2 Å². The topological polar surface area (TPSA) is 76.1 Å². The second-order valence-electron chi connectivity index (χ2n) is 4.69. The van der Waals surface area contributed by atoms with Gasteiger partial charge in [0.15, 0.2) is 5.82 Å². The highest BCUT2D eigenvalue weighted by Crippen LogP contribution is 2.09. The van der Waals surface area contributed by atoms with Crippen molar-refractivity contribution in [1.29, 1.82) is 0 Å². The average molecular weight is 300 g/mol. The number of nitrogens with one attached hydrogen (secondary N) is 2. The first-order valence-electron chi connectivity index (χ1n) is 7.33. The van der Waals surface area contributed by atoms with Crippen molar-refractivity contribution in [1.82, 2.24) is 10.2 Å². The van der Waals surface area contributed by atoms with Gasteiger partial charge >= 0.3 is 0 Å². The Morgan fingerprint density at radius 3 is 2.50 bits per heavy atom. The lowest BCUT2D eigenvalue weighted by Crippen LogP contribution is -2.16. The minimum absolute atomic E-state index is 0.153. The maximum atomic E-state index is 11.8. The van der Waals surface area contributed by atoms with Crippen LogP contribution in [-0.2, 0) is 4.79 Å². The summed E-state index contributed by atoms with van der Waals surface area (Å²) in [6.07, 6.45) is 1.27. The van der Waals surface area contributed by atoms with Crippen molar-refractivity contribution in [3.05, 3.63) is 42.5 Å². The molecule has 0 bridgehead atoms. The van der Waals surface area contributed by atoms with E-state index in [1.54, 1.807) is 12.1 Å². The molecule has 0 spiro atoms. The van der Waals surface area contributed by atoms with Crippen molar-refractivity contribution < 1.29 is 9.53 Å². The van der Waals surface area contributed by atoms with Crippen molar-refractivity contribution in [2.24, 2.45) is 0 Å². The average Bonchev–Trinajstić information content (AvgIpc) is 2.55. The summed E-state index contributed by atoms with van der Waals surface area (Å²) >= 11 is 0. The molecule has 1 aromatic carbocycles. The van der Waals surface area contributed by atoms with Crippen molar-refractivity contribution in [3.8, 4) is 5.75 Å². The molecule has 22 heavy (non-hydrogen) atoms. The first-order chi connectivity index (χ1) is 10.8. The Morgan fingerprint density at radius 2 is 1.82 bits per heavy atom. The van der Waals surface area contributed by atoms with E-state index in [1.165, 1.54) is 0 Å². The number of carbonyl (C=O) groups excluding carboxylic acids is 1. The molecular weight excluding hydrogens is 280 g/mol. The number of rotatable bonds is 8. The largest absolute Gasteiger partial charge is 0.493 e. The Morgan fingerprint density at radius 1 is 1.09 bits per heavy atom. The highest BCUT2D eigenvalue weighted by molar-refractivity contribution is 5.89. The molecule has 0 aliphatic heterocycles. The van der Waals surface area contributed by atoms with Crippen LogP contribution < -0.4 is 15.4 Å². The van der Waals surface area contributed by atoms with E-state index in [2.05, 4.69) is 27.8 Å². The highest BCUT2D eigenvalue weighted by Gasteiger charge is 2.04. The molecule has 6 heteroatoms. The number of benzene rings is 1. The van der Waals surface area contributed by atoms with Crippen LogP contribution in [0.1, 0.15) is 19.8 Å². The number of carbonyl (C=O) groups is 1. The maximum absolute atomic E-state index is 11.8. The monoisotopic (exact) mass is 300 g/mol. The SMILES string of the molecule is CCCNc1ccc(NC(=O)CCOc2ccccc2)nn1. The molecular formula is C16H20N4O2. The van der Waals surface area contributed by atoms with Gasteiger partial charge in [-0.25, -0.2) is 0 Å². The van der Waals surface area contributed by atoms with Gasteiger partial charge in [-0.05, 0) is 30.7 Å². The van der Waals surface area contributed by atoms with Gasteiger partial charge in [0, 0.05) is 6.54 Å². The molecule has 2 aromatic rings. The molecule has 0 aliphatic rings. The van der Waals surface area contributed by atoms with E-state index in [0.717, 1.165) is 18.7 Å². The summed E-state index contributed by atoms with van der Waals surface area (Å²) in [7, 11) is 0. The zero-order chi connectivity index (χ0) is 15.6. The Balaban J connectivity index is 1.72. The minimum Gasteiger partial charge on any atom is -0.493 e. The fraction of sp³-hybridized carbons (Fsp3) is 0.312. The second kappa shape index (κ2) is 8.61. The third-order valence-corrected chi connectivity index (χ3v) is 2.83. The van der Waals surface area contributed by atoms with E-state index in [0.29, 0.717) is 18.2 Å². The molecule has 0 saturated carbocycles. The Hall–Kier alpha value is -2.63. The van der Waals surface area contributed by atoms with Crippen LogP contribution in [-0.4, -0.2) is 29.3 Å². The Kier molecular flexibility index (Phi) is 6.17. The molecule has 6 nitrogen and oxygen atoms in total. The third kappa shape index (κ3) is 5.40. The normalized spacial score (nSPS) is 10.0. The van der Waals surface area contributed by atoms with E-state index >= 15 is 0 Å². The van der Waals surface area contributed by atoms with Crippen LogP contribution in [0.25, 0.3) is 0 Å². The molecule has 0 atom stereocenters. The minimum atomic E-state index is -0.153. The van der Waals surface area contributed by atoms with Gasteiger partial charge in [0.05, 0.1) is 13.0 Å². The standard InChI is InChI=1S/C16H20N4O2/c1-2-11-17-14-8-9-15(20-19-14)18-16(21)10-12-22-13-6-4-3-5-7-13/h3-9H,2,10-12H2,1H3,(H,17,19)(H,18,20,21). The molecule has 116 valence electrons. The van der Waals surface area contributed by atoms with Gasteiger partial charge in [0.1, 0.15) is 11.6 Å². The van der Waals surface area contributed by atoms with E-state index in [9.17, 15) is 4.79 Å². The van der Waals surface area contributed by atoms with Gasteiger partial charge in [0.25, 0.3) is 0 Å². The van der Waals surface area contributed by atoms with E-state index in [4.69, 9.17) is 4.74 Å². The summed E-state index contributed by atoms with van der Waals surface area (Å²) in [5.41, 5.74) is 0. The number of amides is 1. The molecule has 0 unspecified atom stereocenters. The summed E-state index contributed by atoms with van der Waals surface area (Å²) in [5.74, 6) is 1.74. The molecule has 0 saturated heterocycles. The van der Waals surface area contributed by atoms with E-state index < -0.39 is 0 Å². The van der Waals surface area contributed by atoms with E-state index in [-0.39, 0.29) is 12.3 Å². The molecule has 0 aliphatic carbocycles. The number of hydrogen-bond acceptors (Lipinski definition) is 5. The highest BCUT2D eigenvalue weighted by atomic mass is 16.5. The Labute approximate surface area is 129 Å². The first kappa shape index (κ1) is 15.8. The second-order valence-corrected chi connectivity index (χ2v) is 4.69. The maximum Gasteiger partial charge on any atom is 0.229 e. The zero-order valence-electron chi connectivity index (χ0n) is 12.6. The number of ether oxygens (including phenoxy) is 1. The lowest BCUT2D eigenvalue weighted by atomic mass is 10.3. The lowest BCUT2D eigenvalue weighted by Gasteiger charge is -2.07. The first-order valence-corrected chi connectivity index (χ1v) is 7.33. The number of nitrogens with zero attached hydrogens (tertiary/aromatic N) is 2. The summed E-state index contributed by atoms with van der Waals surface area (Å²) in [6.45, 7) is 3.24. The van der Waals surface area contributed by atoms with Crippen LogP contribution in [0.4, 0.5) is 11.6 Å². The zero-order valence-corrected chi connectivity index (χ0v) is 12.6. The van der Waals surface area contributed by atoms with Crippen LogP contribution in [0.5, 0.6) is 5.75 Å². The fourth-order valence-corrected chi connectivity index (χ4v) is 1.73. The molecule has 2 N–H and O–H groups in total. The molecule has 2 rings (SSSR count). The third-order valence-electron chi connectivity index (χ3n) is 2.83. The van der Waals surface area contributed by atoms with Crippen LogP contribution in [0.2, 0.25) is 0 Å². The van der Waals surface area contributed by atoms with Crippen molar-refractivity contribution in [3.63, 3.8) is 0 Å². The van der Waals surface area contributed by atoms with Crippen molar-refractivity contribution >= 4 is 17.5 Å². The number of para-hydroxylation sites is 1. The van der Waals surface area contributed by atoms with Crippen LogP contribution >= 0.6 is 0 Å². The molecule has 0 fully saturated rings. The Bertz CT molecular complexity index is 572. The lowest BCUT2D eigenvalue weighted by molar-refractivity contribution is -0.116. The van der Waals surface area contributed by atoms with Crippen LogP contribution in [0.15, 0.2) is 42.5 Å². The van der Waals surface area contributed by atoms with Gasteiger partial charge in [-0.3, -0.25) is 4.79 Å². The van der Waals surface area contributed by atoms with Gasteiger partial charge in [0.2, 0.25) is 5.91 Å². The number of aromatic nitrogens is 2. The van der Waals surface area contributed by atoms with Crippen molar-refractivity contribution in [2.75, 3.05) is 23.8 Å². The molecule has 1 amide bonds. The summed E-state index contributed by atoms with van der Waals surface area (Å²) < 4.78 is 5.47. The smallest absolute Gasteiger partial charge is 0.229 e. The van der Waals surface area contributed by atoms with Gasteiger partial charge < -0.3 is 15.4 Å². The fourth-order valence-electron chi connectivity index (χ4n) is 1.73. The quantitative estimate of drug-likeness (QED) is 0.784. The molecule has 0 radical (unpaired) electrons. The van der Waals surface area contributed by atoms with E-state index in [1.807, 2.05) is 30.3 Å². The van der Waals surface area contributed by atoms with Crippen LogP contribution in [0, 0.1) is 0 Å². The number of anilines is 2. The summed E-state index contributed by atoms with van der Waals surface area (Å²) in [4.78, 5) is 11.8. The summed E-state index contributed by atoms with van der Waals surface area (Å²) in [6, 6.07) is 12.9. The predicted molar refractivity (Wildman–Crippen MR) is 86.0 cm³/mol. The van der Waals surface area contributed by atoms with Crippen molar-refractivity contribution in [2.45, 2.75) is 19.8 Å².